The minimum Gasteiger partial charge on any atom is -0.465 e. The molecule has 3 nitrogen and oxygen atoms in total. The highest BCUT2D eigenvalue weighted by Crippen LogP contribution is 2.20. The number of pyridine rings is 1. The topological polar surface area (TPSA) is 39.2 Å². The molecule has 1 aromatic rings. The first kappa shape index (κ1) is 11.3. The number of ether oxygens (including phenoxy) is 1. The molecular formula is C8H6F2INO2. The predicted molar refractivity (Wildman–Crippen MR) is 53.3 cm³/mol. The largest absolute Gasteiger partial charge is 0.465 e. The lowest BCUT2D eigenvalue weighted by Gasteiger charge is -2.03. The molecule has 0 aliphatic rings. The van der Waals surface area contributed by atoms with Crippen LogP contribution in [0.25, 0.3) is 0 Å². The summed E-state index contributed by atoms with van der Waals surface area (Å²) in [7, 11) is 1.22. The van der Waals surface area contributed by atoms with Crippen LogP contribution in [0.5, 0.6) is 0 Å². The fourth-order valence-electron chi connectivity index (χ4n) is 0.825. The number of alkyl halides is 2. The van der Waals surface area contributed by atoms with Gasteiger partial charge in [-0.25, -0.2) is 13.6 Å². The Morgan fingerprint density at radius 1 is 1.64 bits per heavy atom. The molecule has 1 aromatic heterocycles. The quantitative estimate of drug-likeness (QED) is 0.622. The van der Waals surface area contributed by atoms with Gasteiger partial charge in [-0.05, 0) is 28.7 Å². The number of hydrogen-bond acceptors (Lipinski definition) is 3. The maximum Gasteiger partial charge on any atom is 0.340 e. The minimum atomic E-state index is -2.63. The van der Waals surface area contributed by atoms with Crippen LogP contribution in [0, 0.1) is 3.57 Å². The second kappa shape index (κ2) is 4.63. The van der Waals surface area contributed by atoms with Gasteiger partial charge < -0.3 is 4.74 Å². The van der Waals surface area contributed by atoms with E-state index >= 15 is 0 Å². The van der Waals surface area contributed by atoms with Gasteiger partial charge in [-0.1, -0.05) is 0 Å². The van der Waals surface area contributed by atoms with Crippen molar-refractivity contribution in [2.45, 2.75) is 6.43 Å². The van der Waals surface area contributed by atoms with Crippen LogP contribution in [0.4, 0.5) is 8.78 Å². The van der Waals surface area contributed by atoms with E-state index in [2.05, 4.69) is 9.72 Å². The third-order valence-corrected chi connectivity index (χ3v) is 2.40. The number of nitrogens with zero attached hydrogens (tertiary/aromatic N) is 1. The molecule has 0 unspecified atom stereocenters. The molecule has 14 heavy (non-hydrogen) atoms. The third kappa shape index (κ3) is 2.37. The van der Waals surface area contributed by atoms with Gasteiger partial charge in [-0.3, -0.25) is 4.98 Å². The molecule has 0 aliphatic heterocycles. The van der Waals surface area contributed by atoms with Gasteiger partial charge in [0.05, 0.1) is 12.7 Å². The molecule has 0 saturated carbocycles. The second-order valence-corrected chi connectivity index (χ2v) is 3.54. The minimum absolute atomic E-state index is 0.192. The zero-order chi connectivity index (χ0) is 10.7. The van der Waals surface area contributed by atoms with Crippen LogP contribution in [-0.2, 0) is 4.74 Å². The van der Waals surface area contributed by atoms with Crippen molar-refractivity contribution in [3.05, 3.63) is 27.1 Å². The molecule has 76 valence electrons. The Morgan fingerprint density at radius 3 is 2.71 bits per heavy atom. The van der Waals surface area contributed by atoms with Gasteiger partial charge in [-0.2, -0.15) is 0 Å². The van der Waals surface area contributed by atoms with E-state index in [1.165, 1.54) is 7.11 Å². The van der Waals surface area contributed by atoms with Crippen molar-refractivity contribution in [1.29, 1.82) is 0 Å². The number of aromatic nitrogens is 1. The number of hydrogen-bond donors (Lipinski definition) is 0. The molecule has 0 N–H and O–H groups in total. The average molecular weight is 313 g/mol. The summed E-state index contributed by atoms with van der Waals surface area (Å²) in [5.41, 5.74) is -0.153. The van der Waals surface area contributed by atoms with Crippen LogP contribution >= 0.6 is 22.6 Å². The zero-order valence-electron chi connectivity index (χ0n) is 7.13. The predicted octanol–water partition coefficient (Wildman–Crippen LogP) is 2.41. The SMILES string of the molecule is COC(=O)c1cnc(C(F)F)cc1I. The molecule has 1 heterocycles. The van der Waals surface area contributed by atoms with E-state index in [1.54, 1.807) is 22.6 Å². The van der Waals surface area contributed by atoms with Gasteiger partial charge in [0.15, 0.2) is 0 Å². The number of halogens is 3. The van der Waals surface area contributed by atoms with Gasteiger partial charge in [0, 0.05) is 9.77 Å². The van der Waals surface area contributed by atoms with Crippen LogP contribution in [0.2, 0.25) is 0 Å². The molecule has 0 spiro atoms. The van der Waals surface area contributed by atoms with Crippen molar-refractivity contribution in [1.82, 2.24) is 4.98 Å². The first-order valence-electron chi connectivity index (χ1n) is 3.58. The van der Waals surface area contributed by atoms with Crippen LogP contribution in [0.1, 0.15) is 22.5 Å². The zero-order valence-corrected chi connectivity index (χ0v) is 9.29. The Balaban J connectivity index is 3.07. The molecule has 6 heteroatoms. The van der Waals surface area contributed by atoms with E-state index in [-0.39, 0.29) is 11.3 Å². The fourth-order valence-corrected chi connectivity index (χ4v) is 1.50. The monoisotopic (exact) mass is 313 g/mol. The van der Waals surface area contributed by atoms with Crippen molar-refractivity contribution in [2.24, 2.45) is 0 Å². The summed E-state index contributed by atoms with van der Waals surface area (Å²) in [4.78, 5) is 14.5. The molecule has 0 atom stereocenters. The molecule has 0 amide bonds. The Labute approximate surface area is 92.6 Å². The van der Waals surface area contributed by atoms with Crippen LogP contribution in [0.15, 0.2) is 12.3 Å². The van der Waals surface area contributed by atoms with Gasteiger partial charge in [0.1, 0.15) is 5.69 Å². The standard InChI is InChI=1S/C8H6F2INO2/c1-14-8(13)4-3-12-6(7(9)10)2-5(4)11/h2-3,7H,1H3. The van der Waals surface area contributed by atoms with Gasteiger partial charge in [0.25, 0.3) is 6.43 Å². The smallest absolute Gasteiger partial charge is 0.340 e. The summed E-state index contributed by atoms with van der Waals surface area (Å²) in [5, 5.41) is 0. The first-order valence-corrected chi connectivity index (χ1v) is 4.66. The molecule has 0 radical (unpaired) electrons. The lowest BCUT2D eigenvalue weighted by Crippen LogP contribution is -2.05. The van der Waals surface area contributed by atoms with Crippen LogP contribution in [-0.4, -0.2) is 18.1 Å². The summed E-state index contributed by atoms with van der Waals surface area (Å²) in [6.07, 6.45) is -1.54. The second-order valence-electron chi connectivity index (χ2n) is 2.38. The molecular weight excluding hydrogens is 307 g/mol. The third-order valence-electron chi connectivity index (χ3n) is 1.50. The summed E-state index contributed by atoms with van der Waals surface area (Å²) in [6, 6.07) is 1.16. The van der Waals surface area contributed by atoms with Crippen molar-refractivity contribution in [2.75, 3.05) is 7.11 Å². The van der Waals surface area contributed by atoms with Crippen molar-refractivity contribution in [3.8, 4) is 0 Å². The van der Waals surface area contributed by atoms with Gasteiger partial charge >= 0.3 is 5.97 Å². The maximum absolute atomic E-state index is 12.2. The highest BCUT2D eigenvalue weighted by atomic mass is 127. The number of esters is 1. The van der Waals surface area contributed by atoms with Crippen molar-refractivity contribution >= 4 is 28.6 Å². The van der Waals surface area contributed by atoms with E-state index in [9.17, 15) is 13.6 Å². The number of methoxy groups -OCH3 is 1. The lowest BCUT2D eigenvalue weighted by atomic mass is 10.2. The normalized spacial score (nSPS) is 10.4. The summed E-state index contributed by atoms with van der Waals surface area (Å²) in [5.74, 6) is -0.581. The molecule has 0 fully saturated rings. The fraction of sp³-hybridized carbons (Fsp3) is 0.250. The highest BCUT2D eigenvalue weighted by molar-refractivity contribution is 14.1. The molecule has 0 aliphatic carbocycles. The molecule has 1 rings (SSSR count). The molecule has 0 saturated heterocycles. The summed E-state index contributed by atoms with van der Waals surface area (Å²) in [6.45, 7) is 0. The maximum atomic E-state index is 12.2. The Kier molecular flexibility index (Phi) is 3.73. The van der Waals surface area contributed by atoms with E-state index < -0.39 is 12.4 Å². The van der Waals surface area contributed by atoms with Crippen LogP contribution in [0.3, 0.4) is 0 Å². The summed E-state index contributed by atoms with van der Waals surface area (Å²) >= 11 is 1.78. The number of rotatable bonds is 2. The lowest BCUT2D eigenvalue weighted by molar-refractivity contribution is 0.0598. The first-order chi connectivity index (χ1) is 6.56. The Hall–Kier alpha value is -0.790. The molecule has 0 aromatic carbocycles. The van der Waals surface area contributed by atoms with Crippen molar-refractivity contribution in [3.63, 3.8) is 0 Å². The summed E-state index contributed by atoms with van der Waals surface area (Å²) < 4.78 is 29.2. The Bertz CT molecular complexity index is 357. The highest BCUT2D eigenvalue weighted by Gasteiger charge is 2.15. The molecule has 0 bridgehead atoms. The van der Waals surface area contributed by atoms with E-state index in [1.807, 2.05) is 0 Å². The van der Waals surface area contributed by atoms with Gasteiger partial charge in [0.2, 0.25) is 0 Å². The number of carbonyl (C=O) groups excluding carboxylic acids is 1. The van der Waals surface area contributed by atoms with Gasteiger partial charge in [-0.15, -0.1) is 0 Å². The average Bonchev–Trinajstić information content (AvgIpc) is 2.16. The van der Waals surface area contributed by atoms with Crippen molar-refractivity contribution < 1.29 is 18.3 Å². The Morgan fingerprint density at radius 2 is 2.29 bits per heavy atom. The van der Waals surface area contributed by atoms with E-state index in [0.29, 0.717) is 3.57 Å². The van der Waals surface area contributed by atoms with Crippen LogP contribution < -0.4 is 0 Å². The van der Waals surface area contributed by atoms with E-state index in [0.717, 1.165) is 12.3 Å². The van der Waals surface area contributed by atoms with E-state index in [4.69, 9.17) is 0 Å². The number of carbonyl (C=O) groups is 1.